The second kappa shape index (κ2) is 7.34. The van der Waals surface area contributed by atoms with E-state index in [2.05, 4.69) is 5.32 Å². The molecule has 25 heavy (non-hydrogen) atoms. The summed E-state index contributed by atoms with van der Waals surface area (Å²) < 4.78 is 0. The third kappa shape index (κ3) is 3.40. The predicted octanol–water partition coefficient (Wildman–Crippen LogP) is 2.22. The van der Waals surface area contributed by atoms with E-state index in [4.69, 9.17) is 5.73 Å². The van der Waals surface area contributed by atoms with Gasteiger partial charge in [0.25, 0.3) is 0 Å². The van der Waals surface area contributed by atoms with Crippen molar-refractivity contribution in [3.63, 3.8) is 0 Å². The third-order valence-electron chi connectivity index (χ3n) is 6.05. The van der Waals surface area contributed by atoms with Gasteiger partial charge in [0.2, 0.25) is 11.8 Å². The Morgan fingerprint density at radius 3 is 2.76 bits per heavy atom. The summed E-state index contributed by atoms with van der Waals surface area (Å²) in [6, 6.07) is 7.93. The van der Waals surface area contributed by atoms with Gasteiger partial charge >= 0.3 is 0 Å². The van der Waals surface area contributed by atoms with Crippen LogP contribution in [0.3, 0.4) is 0 Å². The Labute approximate surface area is 154 Å². The minimum atomic E-state index is -0.0212. The molecule has 2 bridgehead atoms. The van der Waals surface area contributed by atoms with E-state index < -0.39 is 0 Å². The van der Waals surface area contributed by atoms with E-state index >= 15 is 0 Å². The van der Waals surface area contributed by atoms with Crippen LogP contribution < -0.4 is 16.0 Å². The number of amides is 2. The van der Waals surface area contributed by atoms with Crippen molar-refractivity contribution >= 4 is 29.9 Å². The normalized spacial score (nSPS) is 30.4. The van der Waals surface area contributed by atoms with Crippen LogP contribution in [0.1, 0.15) is 37.7 Å². The van der Waals surface area contributed by atoms with E-state index in [1.165, 1.54) is 6.42 Å². The number of nitrogens with one attached hydrogen (secondary N) is 1. The Morgan fingerprint density at radius 1 is 1.28 bits per heavy atom. The molecule has 1 aromatic rings. The van der Waals surface area contributed by atoms with Gasteiger partial charge < -0.3 is 16.0 Å². The molecular weight excluding hydrogens is 338 g/mol. The topological polar surface area (TPSA) is 75.4 Å². The molecule has 0 aromatic heterocycles. The van der Waals surface area contributed by atoms with Crippen LogP contribution >= 0.6 is 12.4 Å². The van der Waals surface area contributed by atoms with Crippen molar-refractivity contribution in [1.82, 2.24) is 5.32 Å². The molecule has 4 unspecified atom stereocenters. The molecule has 3 fully saturated rings. The maximum Gasteiger partial charge on any atom is 0.227 e. The summed E-state index contributed by atoms with van der Waals surface area (Å²) in [7, 11) is 0. The van der Waals surface area contributed by atoms with Crippen molar-refractivity contribution in [3.05, 3.63) is 29.8 Å². The smallest absolute Gasteiger partial charge is 0.227 e. The second-order valence-electron chi connectivity index (χ2n) is 7.47. The fraction of sp³-hybridized carbons (Fsp3) is 0.579. The molecule has 5 nitrogen and oxygen atoms in total. The van der Waals surface area contributed by atoms with Gasteiger partial charge in [-0.1, -0.05) is 12.1 Å². The largest absolute Gasteiger partial charge is 0.352 e. The standard InChI is InChI=1S/C19H25N3O2.ClH/c20-18-14-7-6-13(10-14)17(18)19(24)21-11-12-3-1-4-15(9-12)22-8-2-5-16(22)23;/h1,3-4,9,13-14,17-18H,2,5-8,10-11,20H2,(H,21,24);1H. The van der Waals surface area contributed by atoms with E-state index in [0.29, 0.717) is 24.8 Å². The summed E-state index contributed by atoms with van der Waals surface area (Å²) in [4.78, 5) is 26.3. The van der Waals surface area contributed by atoms with Crippen LogP contribution in [0.5, 0.6) is 0 Å². The quantitative estimate of drug-likeness (QED) is 0.861. The summed E-state index contributed by atoms with van der Waals surface area (Å²) in [6.45, 7) is 1.28. The SMILES string of the molecule is Cl.NC1C2CCC(C2)C1C(=O)NCc1cccc(N2CCCC2=O)c1. The summed E-state index contributed by atoms with van der Waals surface area (Å²) in [5, 5.41) is 3.06. The molecule has 3 aliphatic rings. The molecule has 2 amide bonds. The predicted molar refractivity (Wildman–Crippen MR) is 99.4 cm³/mol. The van der Waals surface area contributed by atoms with Gasteiger partial charge in [0.1, 0.15) is 0 Å². The fourth-order valence-corrected chi connectivity index (χ4v) is 4.79. The number of rotatable bonds is 4. The minimum Gasteiger partial charge on any atom is -0.352 e. The molecule has 1 heterocycles. The first kappa shape index (κ1) is 18.2. The number of carbonyl (C=O) groups excluding carboxylic acids is 2. The van der Waals surface area contributed by atoms with Crippen LogP contribution in [0.15, 0.2) is 24.3 Å². The number of hydrogen-bond donors (Lipinski definition) is 2. The van der Waals surface area contributed by atoms with Crippen molar-refractivity contribution in [3.8, 4) is 0 Å². The number of carbonyl (C=O) groups is 2. The van der Waals surface area contributed by atoms with Gasteiger partial charge in [-0.05, 0) is 55.2 Å². The first-order valence-electron chi connectivity index (χ1n) is 9.06. The number of fused-ring (bicyclic) bond motifs is 2. The number of hydrogen-bond acceptors (Lipinski definition) is 3. The van der Waals surface area contributed by atoms with Crippen LogP contribution in [0.4, 0.5) is 5.69 Å². The minimum absolute atomic E-state index is 0. The summed E-state index contributed by atoms with van der Waals surface area (Å²) in [5.74, 6) is 1.27. The molecule has 0 spiro atoms. The monoisotopic (exact) mass is 363 g/mol. The van der Waals surface area contributed by atoms with Gasteiger partial charge in [0.15, 0.2) is 0 Å². The first-order chi connectivity index (χ1) is 11.6. The Bertz CT molecular complexity index is 664. The van der Waals surface area contributed by atoms with Crippen molar-refractivity contribution in [2.45, 2.75) is 44.7 Å². The van der Waals surface area contributed by atoms with Crippen LogP contribution in [0.2, 0.25) is 0 Å². The highest BCUT2D eigenvalue weighted by atomic mass is 35.5. The Hall–Kier alpha value is -1.59. The van der Waals surface area contributed by atoms with E-state index in [1.807, 2.05) is 29.2 Å². The highest BCUT2D eigenvalue weighted by Gasteiger charge is 2.48. The second-order valence-corrected chi connectivity index (χ2v) is 7.47. The van der Waals surface area contributed by atoms with Crippen molar-refractivity contribution < 1.29 is 9.59 Å². The molecule has 2 saturated carbocycles. The zero-order valence-corrected chi connectivity index (χ0v) is 15.1. The molecule has 136 valence electrons. The molecule has 4 rings (SSSR count). The summed E-state index contributed by atoms with van der Waals surface area (Å²) in [5.41, 5.74) is 8.21. The Kier molecular flexibility index (Phi) is 5.35. The third-order valence-corrected chi connectivity index (χ3v) is 6.05. The van der Waals surface area contributed by atoms with Crippen molar-refractivity contribution in [1.29, 1.82) is 0 Å². The summed E-state index contributed by atoms with van der Waals surface area (Å²) >= 11 is 0. The van der Waals surface area contributed by atoms with Crippen molar-refractivity contribution in [2.24, 2.45) is 23.5 Å². The molecule has 3 N–H and O–H groups in total. The number of benzene rings is 1. The van der Waals surface area contributed by atoms with Gasteiger partial charge in [-0.25, -0.2) is 0 Å². The maximum atomic E-state index is 12.6. The van der Waals surface area contributed by atoms with Gasteiger partial charge in [-0.2, -0.15) is 0 Å². The Balaban J connectivity index is 0.00000182. The number of nitrogens with zero attached hydrogens (tertiary/aromatic N) is 1. The molecule has 2 aliphatic carbocycles. The number of halogens is 1. The molecule has 4 atom stereocenters. The molecule has 1 aliphatic heterocycles. The lowest BCUT2D eigenvalue weighted by Crippen LogP contribution is -2.45. The van der Waals surface area contributed by atoms with Gasteiger partial charge in [-0.15, -0.1) is 12.4 Å². The first-order valence-corrected chi connectivity index (χ1v) is 9.06. The molecule has 6 heteroatoms. The van der Waals surface area contributed by atoms with Crippen LogP contribution in [0.25, 0.3) is 0 Å². The van der Waals surface area contributed by atoms with Gasteiger partial charge in [0, 0.05) is 31.2 Å². The van der Waals surface area contributed by atoms with Crippen molar-refractivity contribution in [2.75, 3.05) is 11.4 Å². The van der Waals surface area contributed by atoms with Crippen LogP contribution in [-0.4, -0.2) is 24.4 Å². The van der Waals surface area contributed by atoms with E-state index in [1.54, 1.807) is 0 Å². The molecule has 0 radical (unpaired) electrons. The molecular formula is C19H26ClN3O2. The van der Waals surface area contributed by atoms with Crippen LogP contribution in [-0.2, 0) is 16.1 Å². The Morgan fingerprint density at radius 2 is 2.08 bits per heavy atom. The van der Waals surface area contributed by atoms with Gasteiger partial charge in [0.05, 0.1) is 5.92 Å². The lowest BCUT2D eigenvalue weighted by Gasteiger charge is -2.27. The lowest BCUT2D eigenvalue weighted by atomic mass is 9.84. The zero-order chi connectivity index (χ0) is 16.7. The lowest BCUT2D eigenvalue weighted by molar-refractivity contribution is -0.127. The van der Waals surface area contributed by atoms with E-state index in [9.17, 15) is 9.59 Å². The average Bonchev–Trinajstić information content (AvgIpc) is 3.29. The molecule has 1 aromatic carbocycles. The number of nitrogens with two attached hydrogens (primary N) is 1. The van der Waals surface area contributed by atoms with Gasteiger partial charge in [-0.3, -0.25) is 9.59 Å². The zero-order valence-electron chi connectivity index (χ0n) is 14.3. The van der Waals surface area contributed by atoms with E-state index in [0.717, 1.165) is 37.1 Å². The van der Waals surface area contributed by atoms with Crippen LogP contribution in [0, 0.1) is 17.8 Å². The molecule has 1 saturated heterocycles. The average molecular weight is 364 g/mol. The highest BCUT2D eigenvalue weighted by molar-refractivity contribution is 5.95. The summed E-state index contributed by atoms with van der Waals surface area (Å²) in [6.07, 6.45) is 4.99. The maximum absolute atomic E-state index is 12.6. The fourth-order valence-electron chi connectivity index (χ4n) is 4.79. The highest BCUT2D eigenvalue weighted by Crippen LogP contribution is 2.47. The van der Waals surface area contributed by atoms with E-state index in [-0.39, 0.29) is 36.2 Å². The number of anilines is 1.